The standard InChI is InChI=1S/C12H17ClN2O/c13-11-9-6-3-7-10(16)15(9)12(14-11)8-4-1-2-5-8/h8,10,16H,1-7H2. The summed E-state index contributed by atoms with van der Waals surface area (Å²) in [6.45, 7) is 0. The van der Waals surface area contributed by atoms with E-state index in [4.69, 9.17) is 11.6 Å². The van der Waals surface area contributed by atoms with E-state index in [9.17, 15) is 5.11 Å². The molecular weight excluding hydrogens is 224 g/mol. The molecule has 0 spiro atoms. The zero-order valence-electron chi connectivity index (χ0n) is 9.32. The van der Waals surface area contributed by atoms with Gasteiger partial charge in [-0.25, -0.2) is 4.98 Å². The molecule has 1 N–H and O–H groups in total. The van der Waals surface area contributed by atoms with Gasteiger partial charge in [0.25, 0.3) is 0 Å². The van der Waals surface area contributed by atoms with Gasteiger partial charge in [0.2, 0.25) is 0 Å². The fourth-order valence-electron chi connectivity index (χ4n) is 3.07. The Morgan fingerprint density at radius 2 is 1.94 bits per heavy atom. The molecule has 16 heavy (non-hydrogen) atoms. The summed E-state index contributed by atoms with van der Waals surface area (Å²) in [5.41, 5.74) is 1.04. The maximum atomic E-state index is 10.1. The third-order valence-electron chi connectivity index (χ3n) is 3.88. The molecule has 1 saturated carbocycles. The summed E-state index contributed by atoms with van der Waals surface area (Å²) in [6.07, 6.45) is 7.34. The molecule has 2 aliphatic rings. The second-order valence-electron chi connectivity index (χ2n) is 4.93. The van der Waals surface area contributed by atoms with Gasteiger partial charge in [0.1, 0.15) is 12.1 Å². The third-order valence-corrected chi connectivity index (χ3v) is 4.19. The molecule has 88 valence electrons. The van der Waals surface area contributed by atoms with Gasteiger partial charge in [0, 0.05) is 5.92 Å². The van der Waals surface area contributed by atoms with Crippen LogP contribution in [0.5, 0.6) is 0 Å². The predicted molar refractivity (Wildman–Crippen MR) is 62.6 cm³/mol. The quantitative estimate of drug-likeness (QED) is 0.820. The molecule has 1 aromatic rings. The SMILES string of the molecule is OC1CCCc2c(Cl)nc(C3CCCC3)n21. The Kier molecular flexibility index (Phi) is 2.68. The van der Waals surface area contributed by atoms with E-state index in [1.165, 1.54) is 25.7 Å². The average Bonchev–Trinajstić information content (AvgIpc) is 2.87. The Morgan fingerprint density at radius 3 is 2.69 bits per heavy atom. The van der Waals surface area contributed by atoms with Crippen LogP contribution in [0.4, 0.5) is 0 Å². The number of aliphatic hydroxyl groups is 1. The second kappa shape index (κ2) is 4.04. The van der Waals surface area contributed by atoms with Crippen molar-refractivity contribution in [2.75, 3.05) is 0 Å². The summed E-state index contributed by atoms with van der Waals surface area (Å²) < 4.78 is 2.00. The number of rotatable bonds is 1. The molecule has 1 aliphatic carbocycles. The van der Waals surface area contributed by atoms with Crippen LogP contribution in [0.3, 0.4) is 0 Å². The van der Waals surface area contributed by atoms with Gasteiger partial charge in [-0.15, -0.1) is 0 Å². The Hall–Kier alpha value is -0.540. The lowest BCUT2D eigenvalue weighted by molar-refractivity contribution is 0.0746. The molecule has 0 saturated heterocycles. The van der Waals surface area contributed by atoms with Gasteiger partial charge < -0.3 is 9.67 Å². The van der Waals surface area contributed by atoms with Crippen LogP contribution in [0.15, 0.2) is 0 Å². The van der Waals surface area contributed by atoms with Crippen LogP contribution in [-0.4, -0.2) is 14.7 Å². The minimum Gasteiger partial charge on any atom is -0.373 e. The lowest BCUT2D eigenvalue weighted by Crippen LogP contribution is -2.20. The first-order valence-electron chi connectivity index (χ1n) is 6.22. The molecule has 0 amide bonds. The van der Waals surface area contributed by atoms with Crippen molar-refractivity contribution < 1.29 is 5.11 Å². The van der Waals surface area contributed by atoms with Crippen molar-refractivity contribution in [3.8, 4) is 0 Å². The van der Waals surface area contributed by atoms with E-state index in [0.717, 1.165) is 30.8 Å². The molecule has 4 heteroatoms. The number of fused-ring (bicyclic) bond motifs is 1. The summed E-state index contributed by atoms with van der Waals surface area (Å²) >= 11 is 6.16. The molecule has 1 fully saturated rings. The molecule has 1 aromatic heterocycles. The van der Waals surface area contributed by atoms with Crippen molar-refractivity contribution >= 4 is 11.6 Å². The minimum absolute atomic E-state index is 0.403. The highest BCUT2D eigenvalue weighted by molar-refractivity contribution is 6.30. The van der Waals surface area contributed by atoms with Crippen molar-refractivity contribution in [1.29, 1.82) is 0 Å². The van der Waals surface area contributed by atoms with Gasteiger partial charge in [0.05, 0.1) is 5.69 Å². The second-order valence-corrected chi connectivity index (χ2v) is 5.29. The van der Waals surface area contributed by atoms with E-state index < -0.39 is 6.23 Å². The predicted octanol–water partition coefficient (Wildman–Crippen LogP) is 3.02. The van der Waals surface area contributed by atoms with Crippen molar-refractivity contribution in [1.82, 2.24) is 9.55 Å². The summed E-state index contributed by atoms with van der Waals surface area (Å²) in [5, 5.41) is 10.7. The fourth-order valence-corrected chi connectivity index (χ4v) is 3.34. The van der Waals surface area contributed by atoms with Crippen molar-refractivity contribution in [2.45, 2.75) is 57.1 Å². The van der Waals surface area contributed by atoms with E-state index in [2.05, 4.69) is 4.98 Å². The topological polar surface area (TPSA) is 38.1 Å². The molecular formula is C12H17ClN2O. The van der Waals surface area contributed by atoms with Crippen molar-refractivity contribution in [2.24, 2.45) is 0 Å². The van der Waals surface area contributed by atoms with E-state index in [0.29, 0.717) is 11.1 Å². The van der Waals surface area contributed by atoms with E-state index in [1.54, 1.807) is 0 Å². The lowest BCUT2D eigenvalue weighted by Gasteiger charge is -2.24. The number of hydrogen-bond acceptors (Lipinski definition) is 2. The first-order chi connectivity index (χ1) is 7.77. The number of aromatic nitrogens is 2. The maximum Gasteiger partial charge on any atom is 0.150 e. The van der Waals surface area contributed by atoms with Crippen LogP contribution < -0.4 is 0 Å². The molecule has 0 radical (unpaired) electrons. The van der Waals surface area contributed by atoms with Crippen LogP contribution in [0, 0.1) is 0 Å². The smallest absolute Gasteiger partial charge is 0.150 e. The number of aliphatic hydroxyl groups excluding tert-OH is 1. The summed E-state index contributed by atoms with van der Waals surface area (Å²) in [6, 6.07) is 0. The van der Waals surface area contributed by atoms with Crippen LogP contribution in [0.25, 0.3) is 0 Å². The van der Waals surface area contributed by atoms with E-state index in [1.807, 2.05) is 4.57 Å². The molecule has 2 heterocycles. The number of halogens is 1. The molecule has 0 bridgehead atoms. The maximum absolute atomic E-state index is 10.1. The zero-order valence-corrected chi connectivity index (χ0v) is 10.1. The van der Waals surface area contributed by atoms with Crippen LogP contribution >= 0.6 is 11.6 Å². The van der Waals surface area contributed by atoms with E-state index >= 15 is 0 Å². The van der Waals surface area contributed by atoms with Gasteiger partial charge in [-0.2, -0.15) is 0 Å². The number of hydrogen-bond donors (Lipinski definition) is 1. The average molecular weight is 241 g/mol. The van der Waals surface area contributed by atoms with E-state index in [-0.39, 0.29) is 0 Å². The Balaban J connectivity index is 2.04. The Labute approximate surface area is 100 Å². The highest BCUT2D eigenvalue weighted by Crippen LogP contribution is 2.39. The van der Waals surface area contributed by atoms with Gasteiger partial charge >= 0.3 is 0 Å². The number of nitrogens with zero attached hydrogens (tertiary/aromatic N) is 2. The summed E-state index contributed by atoms with van der Waals surface area (Å²) in [4.78, 5) is 4.49. The molecule has 1 atom stereocenters. The van der Waals surface area contributed by atoms with Crippen molar-refractivity contribution in [3.63, 3.8) is 0 Å². The molecule has 3 rings (SSSR count). The first kappa shape index (κ1) is 10.6. The fraction of sp³-hybridized carbons (Fsp3) is 0.750. The van der Waals surface area contributed by atoms with Crippen molar-refractivity contribution in [3.05, 3.63) is 16.7 Å². The van der Waals surface area contributed by atoms with Crippen LogP contribution in [0.1, 0.15) is 62.2 Å². The minimum atomic E-state index is -0.403. The number of imidazole rings is 1. The van der Waals surface area contributed by atoms with Gasteiger partial charge in [0.15, 0.2) is 5.15 Å². The largest absolute Gasteiger partial charge is 0.373 e. The molecule has 1 unspecified atom stereocenters. The lowest BCUT2D eigenvalue weighted by atomic mass is 10.1. The first-order valence-corrected chi connectivity index (χ1v) is 6.59. The summed E-state index contributed by atoms with van der Waals surface area (Å²) in [7, 11) is 0. The van der Waals surface area contributed by atoms with Gasteiger partial charge in [-0.1, -0.05) is 24.4 Å². The van der Waals surface area contributed by atoms with Gasteiger partial charge in [-0.05, 0) is 32.1 Å². The monoisotopic (exact) mass is 240 g/mol. The molecule has 3 nitrogen and oxygen atoms in total. The Bertz CT molecular complexity index is 396. The summed E-state index contributed by atoms with van der Waals surface area (Å²) in [5.74, 6) is 1.55. The zero-order chi connectivity index (χ0) is 11.1. The highest BCUT2D eigenvalue weighted by atomic mass is 35.5. The normalized spacial score (nSPS) is 26.0. The van der Waals surface area contributed by atoms with Crippen LogP contribution in [-0.2, 0) is 6.42 Å². The Morgan fingerprint density at radius 1 is 1.19 bits per heavy atom. The highest BCUT2D eigenvalue weighted by Gasteiger charge is 2.30. The molecule has 0 aromatic carbocycles. The van der Waals surface area contributed by atoms with Gasteiger partial charge in [-0.3, -0.25) is 0 Å². The third kappa shape index (κ3) is 1.57. The molecule has 1 aliphatic heterocycles. The van der Waals surface area contributed by atoms with Crippen LogP contribution in [0.2, 0.25) is 5.15 Å².